The first-order chi connectivity index (χ1) is 8.95. The van der Waals surface area contributed by atoms with Gasteiger partial charge < -0.3 is 19.9 Å². The highest BCUT2D eigenvalue weighted by Crippen LogP contribution is 2.21. The Kier molecular flexibility index (Phi) is 6.88. The van der Waals surface area contributed by atoms with Gasteiger partial charge in [-0.05, 0) is 20.8 Å². The Morgan fingerprint density at radius 1 is 1.47 bits per heavy atom. The summed E-state index contributed by atoms with van der Waals surface area (Å²) in [5.41, 5.74) is -0.243. The van der Waals surface area contributed by atoms with Gasteiger partial charge in [0, 0.05) is 25.2 Å². The molecule has 0 aliphatic rings. The summed E-state index contributed by atoms with van der Waals surface area (Å²) in [6, 6.07) is 0. The monoisotopic (exact) mass is 288 g/mol. The lowest BCUT2D eigenvalue weighted by Gasteiger charge is -2.26. The van der Waals surface area contributed by atoms with E-state index in [1.807, 2.05) is 26.2 Å². The molecule has 0 amide bonds. The number of aliphatic hydroxyl groups excluding tert-OH is 1. The van der Waals surface area contributed by atoms with Crippen molar-refractivity contribution >= 4 is 11.3 Å². The number of methoxy groups -OCH3 is 1. The van der Waals surface area contributed by atoms with Crippen molar-refractivity contribution in [3.05, 3.63) is 16.6 Å². The number of rotatable bonds is 9. The maximum absolute atomic E-state index is 9.88. The highest BCUT2D eigenvalue weighted by Gasteiger charge is 2.23. The van der Waals surface area contributed by atoms with Gasteiger partial charge in [0.2, 0.25) is 0 Å². The molecule has 0 saturated heterocycles. The number of nitrogens with one attached hydrogen (secondary N) is 1. The molecule has 19 heavy (non-hydrogen) atoms. The van der Waals surface area contributed by atoms with Crippen LogP contribution in [-0.4, -0.2) is 49.2 Å². The molecular formula is C13H24N2O3S. The number of hydrogen-bond donors (Lipinski definition) is 2. The predicted octanol–water partition coefficient (Wildman–Crippen LogP) is 1.38. The SMILES string of the molecule is COC[C@H](C)OC[C@@H](O)CNC(C)(C)c1nccs1. The van der Waals surface area contributed by atoms with Gasteiger partial charge in [0.1, 0.15) is 5.01 Å². The van der Waals surface area contributed by atoms with E-state index in [1.165, 1.54) is 0 Å². The molecule has 6 heteroatoms. The third kappa shape index (κ3) is 5.97. The van der Waals surface area contributed by atoms with E-state index >= 15 is 0 Å². The highest BCUT2D eigenvalue weighted by molar-refractivity contribution is 7.09. The van der Waals surface area contributed by atoms with Crippen LogP contribution in [0.5, 0.6) is 0 Å². The quantitative estimate of drug-likeness (QED) is 0.719. The van der Waals surface area contributed by atoms with Crippen LogP contribution in [0.2, 0.25) is 0 Å². The summed E-state index contributed by atoms with van der Waals surface area (Å²) < 4.78 is 10.4. The minimum absolute atomic E-state index is 0.00776. The smallest absolute Gasteiger partial charge is 0.112 e. The Morgan fingerprint density at radius 2 is 2.21 bits per heavy atom. The van der Waals surface area contributed by atoms with Gasteiger partial charge >= 0.3 is 0 Å². The normalized spacial score (nSPS) is 15.4. The van der Waals surface area contributed by atoms with E-state index in [0.29, 0.717) is 19.8 Å². The first-order valence-corrected chi connectivity index (χ1v) is 7.27. The van der Waals surface area contributed by atoms with Crippen LogP contribution in [0.4, 0.5) is 0 Å². The van der Waals surface area contributed by atoms with E-state index in [0.717, 1.165) is 5.01 Å². The summed E-state index contributed by atoms with van der Waals surface area (Å²) in [6.07, 6.45) is 1.24. The van der Waals surface area contributed by atoms with Crippen molar-refractivity contribution in [3.8, 4) is 0 Å². The standard InChI is InChI=1S/C13H24N2O3S/c1-10(8-17-4)18-9-11(16)7-15-13(2,3)12-14-5-6-19-12/h5-6,10-11,15-16H,7-9H2,1-4H3/t10-,11-/m0/s1. The maximum atomic E-state index is 9.88. The van der Waals surface area contributed by atoms with E-state index in [4.69, 9.17) is 9.47 Å². The molecule has 0 aromatic carbocycles. The molecule has 1 heterocycles. The molecule has 5 nitrogen and oxygen atoms in total. The molecule has 0 fully saturated rings. The third-order valence-electron chi connectivity index (χ3n) is 2.72. The summed E-state index contributed by atoms with van der Waals surface area (Å²) in [5.74, 6) is 0. The number of nitrogens with zero attached hydrogens (tertiary/aromatic N) is 1. The Balaban J connectivity index is 2.28. The highest BCUT2D eigenvalue weighted by atomic mass is 32.1. The van der Waals surface area contributed by atoms with Crippen molar-refractivity contribution in [2.24, 2.45) is 0 Å². The van der Waals surface area contributed by atoms with Crippen molar-refractivity contribution in [3.63, 3.8) is 0 Å². The second-order valence-corrected chi connectivity index (χ2v) is 5.99. The molecule has 0 aliphatic carbocycles. The van der Waals surface area contributed by atoms with Crippen LogP contribution in [-0.2, 0) is 15.0 Å². The number of thiazole rings is 1. The summed E-state index contributed by atoms with van der Waals surface area (Å²) in [4.78, 5) is 4.29. The van der Waals surface area contributed by atoms with Crippen LogP contribution in [0.3, 0.4) is 0 Å². The van der Waals surface area contributed by atoms with E-state index in [-0.39, 0.29) is 11.6 Å². The second kappa shape index (κ2) is 7.91. The lowest BCUT2D eigenvalue weighted by Crippen LogP contribution is -2.42. The molecule has 2 N–H and O–H groups in total. The number of aliphatic hydroxyl groups is 1. The summed E-state index contributed by atoms with van der Waals surface area (Å²) in [5, 5.41) is 16.1. The van der Waals surface area contributed by atoms with Crippen LogP contribution in [0.25, 0.3) is 0 Å². The molecule has 2 atom stereocenters. The minimum Gasteiger partial charge on any atom is -0.389 e. The average Bonchev–Trinajstić information content (AvgIpc) is 2.89. The third-order valence-corrected chi connectivity index (χ3v) is 3.82. The largest absolute Gasteiger partial charge is 0.389 e. The fraction of sp³-hybridized carbons (Fsp3) is 0.769. The van der Waals surface area contributed by atoms with Crippen LogP contribution in [0, 0.1) is 0 Å². The molecule has 0 spiro atoms. The zero-order chi connectivity index (χ0) is 14.3. The van der Waals surface area contributed by atoms with Gasteiger partial charge in [-0.1, -0.05) is 0 Å². The van der Waals surface area contributed by atoms with E-state index in [9.17, 15) is 5.11 Å². The van der Waals surface area contributed by atoms with Crippen LogP contribution in [0.15, 0.2) is 11.6 Å². The average molecular weight is 288 g/mol. The van der Waals surface area contributed by atoms with Crippen molar-refractivity contribution in [2.45, 2.75) is 38.5 Å². The van der Waals surface area contributed by atoms with Gasteiger partial charge in [0.05, 0.1) is 31.0 Å². The topological polar surface area (TPSA) is 63.6 Å². The van der Waals surface area contributed by atoms with Crippen molar-refractivity contribution in [1.82, 2.24) is 10.3 Å². The minimum atomic E-state index is -0.543. The zero-order valence-corrected chi connectivity index (χ0v) is 12.9. The number of hydrogen-bond acceptors (Lipinski definition) is 6. The molecule has 0 saturated carbocycles. The summed E-state index contributed by atoms with van der Waals surface area (Å²) >= 11 is 1.60. The molecule has 0 aliphatic heterocycles. The molecule has 0 bridgehead atoms. The number of ether oxygens (including phenoxy) is 2. The van der Waals surface area contributed by atoms with Crippen molar-refractivity contribution in [2.75, 3.05) is 26.9 Å². The van der Waals surface area contributed by atoms with Crippen LogP contribution >= 0.6 is 11.3 Å². The first-order valence-electron chi connectivity index (χ1n) is 6.39. The maximum Gasteiger partial charge on any atom is 0.112 e. The lowest BCUT2D eigenvalue weighted by molar-refractivity contribution is -0.0324. The molecule has 110 valence electrons. The van der Waals surface area contributed by atoms with Crippen LogP contribution in [0.1, 0.15) is 25.8 Å². The van der Waals surface area contributed by atoms with Crippen LogP contribution < -0.4 is 5.32 Å². The van der Waals surface area contributed by atoms with Crippen molar-refractivity contribution in [1.29, 1.82) is 0 Å². The lowest BCUT2D eigenvalue weighted by atomic mass is 10.1. The molecule has 1 aromatic heterocycles. The van der Waals surface area contributed by atoms with Gasteiger partial charge in [0.15, 0.2) is 0 Å². The van der Waals surface area contributed by atoms with E-state index in [1.54, 1.807) is 24.6 Å². The molecule has 0 radical (unpaired) electrons. The molecule has 1 aromatic rings. The molecular weight excluding hydrogens is 264 g/mol. The van der Waals surface area contributed by atoms with E-state index < -0.39 is 6.10 Å². The first kappa shape index (κ1) is 16.5. The summed E-state index contributed by atoms with van der Waals surface area (Å²) in [7, 11) is 1.63. The number of aromatic nitrogens is 1. The van der Waals surface area contributed by atoms with Gasteiger partial charge in [0.25, 0.3) is 0 Å². The Bertz CT molecular complexity index is 344. The Labute approximate surface area is 119 Å². The predicted molar refractivity (Wildman–Crippen MR) is 76.4 cm³/mol. The fourth-order valence-electron chi connectivity index (χ4n) is 1.60. The van der Waals surface area contributed by atoms with E-state index in [2.05, 4.69) is 10.3 Å². The second-order valence-electron chi connectivity index (χ2n) is 5.10. The van der Waals surface area contributed by atoms with Crippen molar-refractivity contribution < 1.29 is 14.6 Å². The molecule has 1 rings (SSSR count). The van der Waals surface area contributed by atoms with Gasteiger partial charge in [-0.3, -0.25) is 0 Å². The fourth-order valence-corrected chi connectivity index (χ4v) is 2.34. The van der Waals surface area contributed by atoms with Gasteiger partial charge in [-0.25, -0.2) is 4.98 Å². The molecule has 0 unspecified atom stereocenters. The Hall–Kier alpha value is -0.530. The van der Waals surface area contributed by atoms with Gasteiger partial charge in [-0.2, -0.15) is 0 Å². The van der Waals surface area contributed by atoms with Gasteiger partial charge in [-0.15, -0.1) is 11.3 Å². The summed E-state index contributed by atoms with van der Waals surface area (Å²) in [6.45, 7) is 7.31. The zero-order valence-electron chi connectivity index (χ0n) is 12.0. The Morgan fingerprint density at radius 3 is 2.79 bits per heavy atom.